The van der Waals surface area contributed by atoms with Crippen LogP contribution < -0.4 is 4.24 Å². The minimum atomic E-state index is -4.00. The number of nitrogens with one attached hydrogen (secondary N) is 1. The van der Waals surface area contributed by atoms with Crippen molar-refractivity contribution in [3.05, 3.63) is 28.8 Å². The molecule has 6 nitrogen and oxygen atoms in total. The Morgan fingerprint density at radius 2 is 1.89 bits per heavy atom. The Morgan fingerprint density at radius 3 is 2.42 bits per heavy atom. The maximum Gasteiger partial charge on any atom is 0.303 e. The summed E-state index contributed by atoms with van der Waals surface area (Å²) in [7, 11) is -4.00. The minimum Gasteiger partial charge on any atom is -0.481 e. The SMILES string of the molecule is O=C(O)CCC(=O)c1ccc(Cl)c(S(=O)(=O)NCl)c1. The van der Waals surface area contributed by atoms with Gasteiger partial charge in [0.1, 0.15) is 4.90 Å². The summed E-state index contributed by atoms with van der Waals surface area (Å²) in [6.45, 7) is 0. The number of carbonyl (C=O) groups is 2. The van der Waals surface area contributed by atoms with E-state index < -0.39 is 21.8 Å². The van der Waals surface area contributed by atoms with Gasteiger partial charge in [-0.25, -0.2) is 8.42 Å². The molecule has 104 valence electrons. The lowest BCUT2D eigenvalue weighted by Crippen LogP contribution is -2.15. The van der Waals surface area contributed by atoms with Gasteiger partial charge in [-0.15, -0.1) is 4.24 Å². The summed E-state index contributed by atoms with van der Waals surface area (Å²) in [6.07, 6.45) is -0.567. The molecule has 0 saturated carbocycles. The summed E-state index contributed by atoms with van der Waals surface area (Å²) in [5, 5.41) is 8.38. The monoisotopic (exact) mass is 325 g/mol. The molecule has 1 aromatic rings. The van der Waals surface area contributed by atoms with Gasteiger partial charge in [0.15, 0.2) is 5.78 Å². The molecule has 1 rings (SSSR count). The molecule has 0 radical (unpaired) electrons. The maximum absolute atomic E-state index is 11.7. The van der Waals surface area contributed by atoms with Gasteiger partial charge in [0, 0.05) is 12.0 Å². The third kappa shape index (κ3) is 4.17. The van der Waals surface area contributed by atoms with Crippen LogP contribution in [0.1, 0.15) is 23.2 Å². The Hall–Kier alpha value is -1.15. The number of aliphatic carboxylic acids is 1. The molecule has 0 aliphatic rings. The number of carboxylic acids is 1. The summed E-state index contributed by atoms with van der Waals surface area (Å²) in [4.78, 5) is 21.7. The number of benzene rings is 1. The Morgan fingerprint density at radius 1 is 1.26 bits per heavy atom. The number of hydrogen-bond donors (Lipinski definition) is 2. The zero-order chi connectivity index (χ0) is 14.6. The standard InChI is InChI=1S/C10H9Cl2NO5S/c11-7-2-1-6(8(14)3-4-10(15)16)5-9(7)19(17,18)13-12/h1-2,5,13H,3-4H2,(H,15,16). The van der Waals surface area contributed by atoms with E-state index in [4.69, 9.17) is 28.5 Å². The van der Waals surface area contributed by atoms with Crippen LogP contribution in [0.15, 0.2) is 23.1 Å². The third-order valence-electron chi connectivity index (χ3n) is 2.21. The molecule has 0 aliphatic heterocycles. The average molecular weight is 326 g/mol. The number of halogens is 2. The first kappa shape index (κ1) is 15.9. The van der Waals surface area contributed by atoms with Crippen LogP contribution in [0.25, 0.3) is 0 Å². The molecule has 0 spiro atoms. The number of carboxylic acid groups (broad SMARTS) is 1. The van der Waals surface area contributed by atoms with Crippen molar-refractivity contribution in [3.8, 4) is 0 Å². The fourth-order valence-electron chi connectivity index (χ4n) is 1.29. The zero-order valence-corrected chi connectivity index (χ0v) is 11.7. The van der Waals surface area contributed by atoms with Crippen molar-refractivity contribution in [2.24, 2.45) is 0 Å². The highest BCUT2D eigenvalue weighted by atomic mass is 35.5. The molecular formula is C10H9Cl2NO5S. The van der Waals surface area contributed by atoms with Gasteiger partial charge in [-0.1, -0.05) is 11.6 Å². The Kier molecular flexibility index (Phi) is 5.30. The largest absolute Gasteiger partial charge is 0.481 e. The van der Waals surface area contributed by atoms with Crippen molar-refractivity contribution >= 4 is 45.2 Å². The summed E-state index contributed by atoms with van der Waals surface area (Å²) < 4.78 is 24.6. The number of hydrogen-bond acceptors (Lipinski definition) is 4. The van der Waals surface area contributed by atoms with Crippen molar-refractivity contribution in [3.63, 3.8) is 0 Å². The first-order valence-electron chi connectivity index (χ1n) is 4.95. The predicted molar refractivity (Wildman–Crippen MR) is 68.8 cm³/mol. The molecule has 0 unspecified atom stereocenters. The number of ketones is 1. The molecule has 19 heavy (non-hydrogen) atoms. The summed E-state index contributed by atoms with van der Waals surface area (Å²) in [5.41, 5.74) is 0.0520. The fraction of sp³-hybridized carbons (Fsp3) is 0.200. The van der Waals surface area contributed by atoms with Crippen LogP contribution in [-0.4, -0.2) is 25.3 Å². The van der Waals surface area contributed by atoms with Crippen LogP contribution >= 0.6 is 23.4 Å². The highest BCUT2D eigenvalue weighted by Crippen LogP contribution is 2.23. The fourth-order valence-corrected chi connectivity index (χ4v) is 2.65. The van der Waals surface area contributed by atoms with E-state index in [1.165, 1.54) is 12.1 Å². The van der Waals surface area contributed by atoms with Crippen LogP contribution in [-0.2, 0) is 14.8 Å². The Labute approximate surface area is 119 Å². The maximum atomic E-state index is 11.7. The Balaban J connectivity index is 3.10. The van der Waals surface area contributed by atoms with E-state index in [-0.39, 0.29) is 28.3 Å². The molecule has 0 amide bonds. The molecule has 0 bridgehead atoms. The van der Waals surface area contributed by atoms with E-state index in [0.29, 0.717) is 0 Å². The molecule has 0 aliphatic carbocycles. The van der Waals surface area contributed by atoms with Crippen molar-refractivity contribution in [1.29, 1.82) is 0 Å². The van der Waals surface area contributed by atoms with Crippen LogP contribution in [0, 0.1) is 0 Å². The predicted octanol–water partition coefficient (Wildman–Crippen LogP) is 1.82. The summed E-state index contributed by atoms with van der Waals surface area (Å²) in [5.74, 6) is -1.61. The van der Waals surface area contributed by atoms with E-state index in [1.807, 2.05) is 0 Å². The van der Waals surface area contributed by atoms with Crippen molar-refractivity contribution < 1.29 is 23.1 Å². The first-order chi connectivity index (χ1) is 8.77. The van der Waals surface area contributed by atoms with E-state index >= 15 is 0 Å². The molecule has 0 saturated heterocycles. The Bertz CT molecular complexity index is 614. The second kappa shape index (κ2) is 6.33. The zero-order valence-electron chi connectivity index (χ0n) is 9.39. The summed E-state index contributed by atoms with van der Waals surface area (Å²) >= 11 is 10.8. The number of carbonyl (C=O) groups excluding carboxylic acids is 1. The van der Waals surface area contributed by atoms with Crippen molar-refractivity contribution in [2.75, 3.05) is 0 Å². The molecular weight excluding hydrogens is 317 g/mol. The molecule has 2 N–H and O–H groups in total. The second-order valence-corrected chi connectivity index (χ2v) is 6.01. The minimum absolute atomic E-state index is 0.0520. The van der Waals surface area contributed by atoms with Gasteiger partial charge in [-0.3, -0.25) is 9.59 Å². The first-order valence-corrected chi connectivity index (χ1v) is 7.19. The van der Waals surface area contributed by atoms with Gasteiger partial charge >= 0.3 is 5.97 Å². The van der Waals surface area contributed by atoms with Crippen molar-refractivity contribution in [2.45, 2.75) is 17.7 Å². The highest BCUT2D eigenvalue weighted by molar-refractivity contribution is 7.90. The quantitative estimate of drug-likeness (QED) is 0.613. The van der Waals surface area contributed by atoms with Crippen LogP contribution in [0.4, 0.5) is 0 Å². The van der Waals surface area contributed by atoms with E-state index in [0.717, 1.165) is 6.07 Å². The van der Waals surface area contributed by atoms with E-state index in [1.54, 1.807) is 4.24 Å². The topological polar surface area (TPSA) is 101 Å². The molecule has 0 atom stereocenters. The normalized spacial score (nSPS) is 11.3. The van der Waals surface area contributed by atoms with Crippen LogP contribution in [0.5, 0.6) is 0 Å². The van der Waals surface area contributed by atoms with Crippen LogP contribution in [0.3, 0.4) is 0 Å². The lowest BCUT2D eigenvalue weighted by atomic mass is 10.1. The second-order valence-electron chi connectivity index (χ2n) is 3.54. The van der Waals surface area contributed by atoms with Crippen LogP contribution in [0.2, 0.25) is 5.02 Å². The van der Waals surface area contributed by atoms with Gasteiger partial charge in [0.2, 0.25) is 0 Å². The number of sulfonamides is 1. The average Bonchev–Trinajstić information content (AvgIpc) is 2.36. The van der Waals surface area contributed by atoms with Gasteiger partial charge in [0.25, 0.3) is 10.0 Å². The summed E-state index contributed by atoms with van der Waals surface area (Å²) in [6, 6.07) is 3.60. The third-order valence-corrected chi connectivity index (χ3v) is 4.38. The van der Waals surface area contributed by atoms with E-state index in [9.17, 15) is 18.0 Å². The molecule has 1 aromatic carbocycles. The molecule has 0 heterocycles. The molecule has 0 fully saturated rings. The smallest absolute Gasteiger partial charge is 0.303 e. The number of rotatable bonds is 6. The van der Waals surface area contributed by atoms with Gasteiger partial charge in [-0.05, 0) is 30.0 Å². The lowest BCUT2D eigenvalue weighted by Gasteiger charge is -2.06. The lowest BCUT2D eigenvalue weighted by molar-refractivity contribution is -0.136. The van der Waals surface area contributed by atoms with Gasteiger partial charge in [-0.2, -0.15) is 0 Å². The van der Waals surface area contributed by atoms with E-state index in [2.05, 4.69) is 0 Å². The van der Waals surface area contributed by atoms with Gasteiger partial charge < -0.3 is 5.11 Å². The number of Topliss-reactive ketones (excluding diaryl/α,β-unsaturated/α-hetero) is 1. The van der Waals surface area contributed by atoms with Crippen molar-refractivity contribution in [1.82, 2.24) is 4.24 Å². The highest BCUT2D eigenvalue weighted by Gasteiger charge is 2.19. The molecule has 9 heteroatoms. The van der Waals surface area contributed by atoms with Gasteiger partial charge in [0.05, 0.1) is 11.4 Å². The molecule has 0 aromatic heterocycles.